The van der Waals surface area contributed by atoms with Crippen LogP contribution in [0.25, 0.3) is 0 Å². The number of aromatic nitrogens is 2. The van der Waals surface area contributed by atoms with Crippen molar-refractivity contribution >= 4 is 8.53 Å². The van der Waals surface area contributed by atoms with Crippen molar-refractivity contribution in [2.24, 2.45) is 0 Å². The minimum absolute atomic E-state index is 0.0122. The predicted molar refractivity (Wildman–Crippen MR) is 125 cm³/mol. The van der Waals surface area contributed by atoms with E-state index >= 15 is 0 Å². The van der Waals surface area contributed by atoms with Gasteiger partial charge in [-0.05, 0) is 41.5 Å². The summed E-state index contributed by atoms with van der Waals surface area (Å²) in [6, 6.07) is 2.33. The minimum atomic E-state index is -1.51. The molecule has 1 aliphatic rings. The third-order valence-electron chi connectivity index (χ3n) is 4.57. The Balaban J connectivity index is 0.00000194. The molecule has 1 saturated heterocycles. The molecule has 0 amide bonds. The average molecular weight is 492 g/mol. The lowest BCUT2D eigenvalue weighted by atomic mass is 10.1. The number of H-pyrrole nitrogens is 1. The number of ether oxygens (including phenoxy) is 2. The van der Waals surface area contributed by atoms with Gasteiger partial charge in [0.15, 0.2) is 6.23 Å². The molecule has 12 heteroatoms. The summed E-state index contributed by atoms with van der Waals surface area (Å²) in [5.41, 5.74) is -1.82. The van der Waals surface area contributed by atoms with Gasteiger partial charge in [-0.3, -0.25) is 14.3 Å². The van der Waals surface area contributed by atoms with Gasteiger partial charge in [0.25, 0.3) is 14.1 Å². The number of hydrogen-bond acceptors (Lipinski definition) is 9. The lowest BCUT2D eigenvalue weighted by molar-refractivity contribution is -0.227. The van der Waals surface area contributed by atoms with Gasteiger partial charge in [0.2, 0.25) is 1.43 Å². The zero-order valence-corrected chi connectivity index (χ0v) is 21.1. The predicted octanol–water partition coefficient (Wildman–Crippen LogP) is 2.05. The van der Waals surface area contributed by atoms with Crippen molar-refractivity contribution in [3.05, 3.63) is 32.6 Å². The van der Waals surface area contributed by atoms with Crippen LogP contribution in [-0.2, 0) is 18.5 Å². The molecule has 2 heterocycles. The van der Waals surface area contributed by atoms with Gasteiger partial charge in [0, 0.05) is 32.3 Å². The standard InChI is InChI=1S/C20H33N4O6P.CH4O/c1-14(2)24(15(3)4)31(28-9-7-8-21)29-13-20(6)12-27-11-17(30-20)23-10-16(5)18(25)22-19(23)26;1-2/h10,14-15,17H,7,9,11-13H2,1-6H3,(H,22,25,26);2H,1H3/t17-,20+,31?;/m1./s1/i6D;2T. The van der Waals surface area contributed by atoms with Crippen LogP contribution in [0.3, 0.4) is 0 Å². The SMILES string of the molecule is [2H]C[C@@]1(COP(OCCC#N)N(C(C)C)C(C)C)COC[C@H](n2cc(C)c(=O)[nH]c2=O)O1.[3H]OC. The van der Waals surface area contributed by atoms with E-state index < -0.39 is 31.6 Å². The summed E-state index contributed by atoms with van der Waals surface area (Å²) in [6.45, 7) is 10.0. The number of aromatic amines is 1. The number of aryl methyl sites for hydroxylation is 1. The molecule has 1 unspecified atom stereocenters. The van der Waals surface area contributed by atoms with Gasteiger partial charge < -0.3 is 23.6 Å². The summed E-state index contributed by atoms with van der Waals surface area (Å²) in [5, 5.41) is 12.4. The molecule has 1 fully saturated rings. The summed E-state index contributed by atoms with van der Waals surface area (Å²) >= 11 is 0. The summed E-state index contributed by atoms with van der Waals surface area (Å²) in [4.78, 5) is 26.2. The zero-order valence-electron chi connectivity index (χ0n) is 22.2. The van der Waals surface area contributed by atoms with Crippen LogP contribution in [0.4, 0.5) is 0 Å². The van der Waals surface area contributed by atoms with Gasteiger partial charge >= 0.3 is 5.69 Å². The number of nitriles is 1. The average Bonchev–Trinajstić information content (AvgIpc) is 2.80. The number of rotatable bonds is 10. The van der Waals surface area contributed by atoms with E-state index in [1.807, 2.05) is 27.7 Å². The molecule has 2 N–H and O–H groups in total. The first kappa shape index (κ1) is 26.0. The Kier molecular flexibility index (Phi) is 11.0. The lowest BCUT2D eigenvalue weighted by Gasteiger charge is -2.41. The summed E-state index contributed by atoms with van der Waals surface area (Å²) in [7, 11) is -0.222. The zero-order chi connectivity index (χ0) is 26.6. The van der Waals surface area contributed by atoms with E-state index in [9.17, 15) is 9.59 Å². The Morgan fingerprint density at radius 2 is 2.15 bits per heavy atom. The fraction of sp³-hybridized carbons (Fsp3) is 0.762. The first-order valence-corrected chi connectivity index (χ1v) is 11.8. The van der Waals surface area contributed by atoms with Crippen molar-refractivity contribution in [1.29, 1.82) is 6.69 Å². The van der Waals surface area contributed by atoms with Crippen LogP contribution in [0, 0.1) is 18.3 Å². The molecule has 11 nitrogen and oxygen atoms in total. The van der Waals surface area contributed by atoms with Crippen molar-refractivity contribution in [2.45, 2.75) is 71.9 Å². The Morgan fingerprint density at radius 1 is 1.48 bits per heavy atom. The fourth-order valence-electron chi connectivity index (χ4n) is 3.20. The molecule has 33 heavy (non-hydrogen) atoms. The minimum Gasteiger partial charge on any atom is -0.400 e. The maximum Gasteiger partial charge on any atom is 0.330 e. The molecule has 2 rings (SSSR count). The van der Waals surface area contributed by atoms with Crippen LogP contribution in [0.15, 0.2) is 15.8 Å². The second kappa shape index (κ2) is 13.9. The van der Waals surface area contributed by atoms with E-state index in [0.717, 1.165) is 0 Å². The molecule has 188 valence electrons. The van der Waals surface area contributed by atoms with E-state index in [1.165, 1.54) is 17.9 Å². The van der Waals surface area contributed by atoms with E-state index in [-0.39, 0.29) is 51.8 Å². The Labute approximate surface area is 199 Å². The van der Waals surface area contributed by atoms with Crippen LogP contribution in [0.5, 0.6) is 0 Å². The highest BCUT2D eigenvalue weighted by Crippen LogP contribution is 2.47. The summed E-state index contributed by atoms with van der Waals surface area (Å²) in [6.07, 6.45) is 0.858. The molecule has 1 aromatic rings. The smallest absolute Gasteiger partial charge is 0.330 e. The summed E-state index contributed by atoms with van der Waals surface area (Å²) in [5.74, 6) is 0. The molecule has 3 atom stereocenters. The number of hydrogen-bond donors (Lipinski definition) is 2. The van der Waals surface area contributed by atoms with Crippen molar-refractivity contribution in [3.8, 4) is 6.07 Å². The van der Waals surface area contributed by atoms with Gasteiger partial charge in [0.05, 0.1) is 38.9 Å². The van der Waals surface area contributed by atoms with Crippen LogP contribution < -0.4 is 11.2 Å². The Bertz CT molecular complexity index is 916. The highest BCUT2D eigenvalue weighted by Gasteiger charge is 2.38. The highest BCUT2D eigenvalue weighted by molar-refractivity contribution is 7.44. The van der Waals surface area contributed by atoms with E-state index in [4.69, 9.17) is 26.6 Å². The second-order valence-corrected chi connectivity index (χ2v) is 9.52. The van der Waals surface area contributed by atoms with E-state index in [1.54, 1.807) is 6.92 Å². The molecule has 0 bridgehead atoms. The maximum absolute atomic E-state index is 12.3. The largest absolute Gasteiger partial charge is 0.400 e. The third kappa shape index (κ3) is 8.58. The van der Waals surface area contributed by atoms with Gasteiger partial charge in [-0.15, -0.1) is 0 Å². The Hall–Kier alpha value is -1.64. The van der Waals surface area contributed by atoms with Crippen molar-refractivity contribution in [2.75, 3.05) is 33.5 Å². The first-order valence-electron chi connectivity index (χ1n) is 11.7. The van der Waals surface area contributed by atoms with Gasteiger partial charge in [0.1, 0.15) is 5.60 Å². The normalized spacial score (nSPS) is 22.4. The van der Waals surface area contributed by atoms with Crippen molar-refractivity contribution in [1.82, 2.24) is 14.2 Å². The number of aliphatic hydroxyl groups excluding tert-OH is 1. The number of nitrogens with zero attached hydrogens (tertiary/aromatic N) is 3. The maximum atomic E-state index is 12.3. The lowest BCUT2D eigenvalue weighted by Crippen LogP contribution is -2.49. The van der Waals surface area contributed by atoms with Gasteiger partial charge in [-0.2, -0.15) is 5.26 Å². The van der Waals surface area contributed by atoms with Crippen LogP contribution in [0.2, 0.25) is 0 Å². The quantitative estimate of drug-likeness (QED) is 0.372. The van der Waals surface area contributed by atoms with Crippen LogP contribution in [-0.4, -0.2) is 72.0 Å². The molecule has 0 aliphatic carbocycles. The van der Waals surface area contributed by atoms with Crippen molar-refractivity contribution < 1.29 is 25.0 Å². The molecule has 1 aliphatic heterocycles. The molecular weight excluding hydrogens is 451 g/mol. The second-order valence-electron chi connectivity index (χ2n) is 8.07. The molecular formula is C21H37N4O7P. The molecule has 0 spiro atoms. The number of nitrogens with one attached hydrogen (secondary N) is 1. The van der Waals surface area contributed by atoms with E-state index in [0.29, 0.717) is 5.56 Å². The van der Waals surface area contributed by atoms with E-state index in [2.05, 4.69) is 20.8 Å². The van der Waals surface area contributed by atoms with Gasteiger partial charge in [-0.1, -0.05) is 0 Å². The fourth-order valence-corrected chi connectivity index (χ4v) is 4.89. The third-order valence-corrected chi connectivity index (χ3v) is 6.62. The topological polar surface area (TPSA) is 139 Å². The van der Waals surface area contributed by atoms with Crippen LogP contribution in [0.1, 0.15) is 54.2 Å². The van der Waals surface area contributed by atoms with Crippen LogP contribution >= 0.6 is 8.53 Å². The molecule has 0 radical (unpaired) electrons. The Morgan fingerprint density at radius 3 is 2.73 bits per heavy atom. The first-order chi connectivity index (χ1) is 16.6. The molecule has 0 aromatic carbocycles. The van der Waals surface area contributed by atoms with Gasteiger partial charge in [-0.25, -0.2) is 9.46 Å². The molecule has 0 saturated carbocycles. The highest BCUT2D eigenvalue weighted by atomic mass is 31.2. The molecule has 1 aromatic heterocycles. The van der Waals surface area contributed by atoms with Crippen molar-refractivity contribution in [3.63, 3.8) is 0 Å². The monoisotopic (exact) mass is 491 g/mol. The summed E-state index contributed by atoms with van der Waals surface area (Å²) < 4.78 is 41.0. The number of aliphatic hydroxyl groups is 1.